The zero-order chi connectivity index (χ0) is 77.2. The minimum atomic E-state index is -4.97. The summed E-state index contributed by atoms with van der Waals surface area (Å²) in [7, 11) is -9.93. The van der Waals surface area contributed by atoms with Gasteiger partial charge in [0.15, 0.2) is 12.2 Å². The molecule has 0 aliphatic rings. The first-order chi connectivity index (χ1) is 50.8. The van der Waals surface area contributed by atoms with Crippen LogP contribution in [0.2, 0.25) is 0 Å². The largest absolute Gasteiger partial charge is 0.472 e. The number of carbonyl (C=O) groups excluding carboxylic acids is 4. The van der Waals surface area contributed by atoms with Crippen molar-refractivity contribution in [2.45, 2.75) is 471 Å². The van der Waals surface area contributed by atoms with E-state index in [2.05, 4.69) is 48.5 Å². The molecule has 0 aliphatic heterocycles. The lowest BCUT2D eigenvalue weighted by Gasteiger charge is -2.21. The van der Waals surface area contributed by atoms with E-state index in [1.807, 2.05) is 0 Å². The van der Waals surface area contributed by atoms with Gasteiger partial charge in [-0.05, 0) is 43.4 Å². The van der Waals surface area contributed by atoms with Crippen LogP contribution in [0.4, 0.5) is 0 Å². The summed E-state index contributed by atoms with van der Waals surface area (Å²) in [6.07, 6.45) is 66.8. The Morgan fingerprint density at radius 1 is 0.276 bits per heavy atom. The number of phosphoric acid groups is 2. The molecule has 17 nitrogen and oxygen atoms in total. The van der Waals surface area contributed by atoms with E-state index in [-0.39, 0.29) is 25.7 Å². The van der Waals surface area contributed by atoms with Crippen LogP contribution in [0, 0.1) is 17.8 Å². The van der Waals surface area contributed by atoms with Gasteiger partial charge in [-0.3, -0.25) is 37.3 Å². The summed E-state index contributed by atoms with van der Waals surface area (Å²) >= 11 is 0. The SMILES string of the molecule is CCCCCCCCCCCCCCCCCCCCCCCCC(=O)O[C@H](COC(=O)CCCCCCCCCCCCCCCCC(C)C)COP(=O)(O)OC[C@@H](O)COP(=O)(O)OC[C@@H](COC(=O)CCCCCCCCC(C)CC)OC(=O)CCCCCCCCCCCCCCCC(C)C. The maximum Gasteiger partial charge on any atom is 0.472 e. The Morgan fingerprint density at radius 2 is 0.486 bits per heavy atom. The molecule has 624 valence electrons. The molecule has 0 fully saturated rings. The summed E-state index contributed by atoms with van der Waals surface area (Å²) in [6.45, 7) is 12.0. The van der Waals surface area contributed by atoms with E-state index in [1.54, 1.807) is 0 Å². The normalized spacial score (nSPS) is 14.1. The minimum Gasteiger partial charge on any atom is -0.462 e. The molecule has 6 atom stereocenters. The van der Waals surface area contributed by atoms with E-state index in [0.29, 0.717) is 25.7 Å². The highest BCUT2D eigenvalue weighted by molar-refractivity contribution is 7.47. The molecule has 0 saturated carbocycles. The Labute approximate surface area is 645 Å². The van der Waals surface area contributed by atoms with Crippen LogP contribution in [0.3, 0.4) is 0 Å². The summed E-state index contributed by atoms with van der Waals surface area (Å²) in [6, 6.07) is 0. The van der Waals surface area contributed by atoms with Crippen molar-refractivity contribution >= 4 is 39.5 Å². The number of hydrogen-bond acceptors (Lipinski definition) is 15. The van der Waals surface area contributed by atoms with Crippen molar-refractivity contribution in [3.05, 3.63) is 0 Å². The van der Waals surface area contributed by atoms with Crippen molar-refractivity contribution in [3.8, 4) is 0 Å². The third kappa shape index (κ3) is 78.5. The zero-order valence-corrected chi connectivity index (χ0v) is 71.0. The highest BCUT2D eigenvalue weighted by Gasteiger charge is 2.30. The fraction of sp³-hybridized carbons (Fsp3) is 0.953. The number of aliphatic hydroxyl groups excluding tert-OH is 1. The lowest BCUT2D eigenvalue weighted by molar-refractivity contribution is -0.161. The molecule has 0 aromatic rings. The van der Waals surface area contributed by atoms with Crippen molar-refractivity contribution in [1.82, 2.24) is 0 Å². The fourth-order valence-corrected chi connectivity index (χ4v) is 14.9. The predicted octanol–water partition coefficient (Wildman–Crippen LogP) is 26.1. The molecule has 3 unspecified atom stereocenters. The van der Waals surface area contributed by atoms with Crippen molar-refractivity contribution in [1.29, 1.82) is 0 Å². The van der Waals surface area contributed by atoms with E-state index in [0.717, 1.165) is 114 Å². The van der Waals surface area contributed by atoms with E-state index in [9.17, 15) is 43.2 Å². The van der Waals surface area contributed by atoms with Gasteiger partial charge in [0, 0.05) is 25.7 Å². The number of aliphatic hydroxyl groups is 1. The second kappa shape index (κ2) is 76.1. The van der Waals surface area contributed by atoms with E-state index < -0.39 is 97.5 Å². The van der Waals surface area contributed by atoms with Gasteiger partial charge in [0.25, 0.3) is 0 Å². The number of unbranched alkanes of at least 4 members (excludes halogenated alkanes) is 51. The number of ether oxygens (including phenoxy) is 4. The molecular weight excluding hydrogens is 1370 g/mol. The number of phosphoric ester groups is 2. The lowest BCUT2D eigenvalue weighted by atomic mass is 10.00. The maximum absolute atomic E-state index is 13.1. The number of hydrogen-bond donors (Lipinski definition) is 3. The predicted molar refractivity (Wildman–Crippen MR) is 432 cm³/mol. The molecule has 0 saturated heterocycles. The average Bonchev–Trinajstić information content (AvgIpc) is 0.908. The van der Waals surface area contributed by atoms with Crippen LogP contribution in [-0.2, 0) is 65.4 Å². The summed E-state index contributed by atoms with van der Waals surface area (Å²) in [4.78, 5) is 73.2. The molecule has 3 N–H and O–H groups in total. The number of rotatable bonds is 84. The Morgan fingerprint density at radius 3 is 0.724 bits per heavy atom. The maximum atomic E-state index is 13.1. The first-order valence-corrected chi connectivity index (χ1v) is 47.4. The number of carbonyl (C=O) groups is 4. The van der Waals surface area contributed by atoms with Gasteiger partial charge in [-0.25, -0.2) is 9.13 Å². The topological polar surface area (TPSA) is 237 Å². The van der Waals surface area contributed by atoms with Crippen LogP contribution < -0.4 is 0 Å². The van der Waals surface area contributed by atoms with Gasteiger partial charge < -0.3 is 33.8 Å². The summed E-state index contributed by atoms with van der Waals surface area (Å²) in [5, 5.41) is 10.7. The molecule has 0 spiro atoms. The zero-order valence-electron chi connectivity index (χ0n) is 69.2. The molecule has 0 bridgehead atoms. The molecule has 0 rings (SSSR count). The first kappa shape index (κ1) is 103. The first-order valence-electron chi connectivity index (χ1n) is 44.4. The molecule has 0 aromatic carbocycles. The van der Waals surface area contributed by atoms with Crippen LogP contribution >= 0.6 is 15.6 Å². The standard InChI is InChI=1S/C86H168O17P2/c1-8-10-11-12-13-14-15-16-17-18-19-20-21-22-23-24-31-36-41-46-55-62-69-85(90)102-81(73-96-83(88)67-60-53-45-40-35-30-26-25-28-33-38-43-50-57-64-77(3)4)75-100-104(92,93)98-71-80(87)72-99-105(94,95)101-76-82(74-97-84(89)68-61-54-49-48-52-59-66-79(7)9-2)103-86(91)70-63-56-47-42-37-32-27-29-34-39-44-51-58-65-78(5)6/h77-82,87H,8-76H2,1-7H3,(H,92,93)(H,94,95)/t79?,80-,81-,82-/m1/s1. The summed E-state index contributed by atoms with van der Waals surface area (Å²) in [5.74, 6) is 0.209. The fourth-order valence-electron chi connectivity index (χ4n) is 13.3. The second-order valence-corrected chi connectivity index (χ2v) is 35.0. The van der Waals surface area contributed by atoms with Gasteiger partial charge in [0.1, 0.15) is 19.3 Å². The minimum absolute atomic E-state index is 0.106. The van der Waals surface area contributed by atoms with Gasteiger partial charge in [0.2, 0.25) is 0 Å². The molecule has 0 aliphatic carbocycles. The molecule has 0 aromatic heterocycles. The molecular formula is C86H168O17P2. The van der Waals surface area contributed by atoms with Crippen molar-refractivity contribution in [2.24, 2.45) is 17.8 Å². The van der Waals surface area contributed by atoms with E-state index in [1.165, 1.54) is 257 Å². The molecule has 0 radical (unpaired) electrons. The van der Waals surface area contributed by atoms with E-state index in [4.69, 9.17) is 37.0 Å². The highest BCUT2D eigenvalue weighted by Crippen LogP contribution is 2.45. The Balaban J connectivity index is 5.22. The Hall–Kier alpha value is -1.94. The van der Waals surface area contributed by atoms with Gasteiger partial charge in [-0.1, -0.05) is 402 Å². The lowest BCUT2D eigenvalue weighted by Crippen LogP contribution is -2.30. The van der Waals surface area contributed by atoms with Gasteiger partial charge in [0.05, 0.1) is 26.4 Å². The molecule has 19 heteroatoms. The third-order valence-electron chi connectivity index (χ3n) is 20.5. The monoisotopic (exact) mass is 1540 g/mol. The second-order valence-electron chi connectivity index (χ2n) is 32.1. The van der Waals surface area contributed by atoms with Crippen LogP contribution in [0.5, 0.6) is 0 Å². The third-order valence-corrected chi connectivity index (χ3v) is 22.4. The Kier molecular flexibility index (Phi) is 74.7. The van der Waals surface area contributed by atoms with Crippen molar-refractivity contribution < 1.29 is 80.2 Å². The summed E-state index contributed by atoms with van der Waals surface area (Å²) in [5.41, 5.74) is 0. The smallest absolute Gasteiger partial charge is 0.462 e. The quantitative estimate of drug-likeness (QED) is 0.0222. The molecule has 105 heavy (non-hydrogen) atoms. The van der Waals surface area contributed by atoms with E-state index >= 15 is 0 Å². The highest BCUT2D eigenvalue weighted by atomic mass is 31.2. The average molecular weight is 1540 g/mol. The molecule has 0 amide bonds. The van der Waals surface area contributed by atoms with Crippen molar-refractivity contribution in [3.63, 3.8) is 0 Å². The summed E-state index contributed by atoms with van der Waals surface area (Å²) < 4.78 is 68.9. The Bertz CT molecular complexity index is 2030. The number of esters is 4. The molecule has 0 heterocycles. The van der Waals surface area contributed by atoms with Gasteiger partial charge in [-0.15, -0.1) is 0 Å². The van der Waals surface area contributed by atoms with Gasteiger partial charge in [-0.2, -0.15) is 0 Å². The van der Waals surface area contributed by atoms with Crippen LogP contribution in [-0.4, -0.2) is 96.7 Å². The van der Waals surface area contributed by atoms with Gasteiger partial charge >= 0.3 is 39.5 Å². The van der Waals surface area contributed by atoms with Crippen LogP contribution in [0.15, 0.2) is 0 Å². The van der Waals surface area contributed by atoms with Crippen molar-refractivity contribution in [2.75, 3.05) is 39.6 Å². The van der Waals surface area contributed by atoms with Crippen LogP contribution in [0.25, 0.3) is 0 Å². The van der Waals surface area contributed by atoms with Crippen LogP contribution in [0.1, 0.15) is 453 Å².